The summed E-state index contributed by atoms with van der Waals surface area (Å²) in [5, 5.41) is 2.60. The van der Waals surface area contributed by atoms with E-state index >= 15 is 0 Å². The molecule has 0 saturated carbocycles. The highest BCUT2D eigenvalue weighted by atomic mass is 16.5. The van der Waals surface area contributed by atoms with E-state index in [2.05, 4.69) is 22.1 Å². The van der Waals surface area contributed by atoms with Gasteiger partial charge in [0.2, 0.25) is 0 Å². The van der Waals surface area contributed by atoms with Crippen LogP contribution < -0.4 is 26.2 Å². The molecule has 0 radical (unpaired) electrons. The summed E-state index contributed by atoms with van der Waals surface area (Å²) in [5.41, 5.74) is 0.720. The second-order valence-corrected chi connectivity index (χ2v) is 8.80. The van der Waals surface area contributed by atoms with E-state index in [1.54, 1.807) is 74.0 Å². The summed E-state index contributed by atoms with van der Waals surface area (Å²) in [5.74, 6) is 5.28. The molecule has 0 saturated heterocycles. The zero-order valence-electron chi connectivity index (χ0n) is 21.1. The van der Waals surface area contributed by atoms with Crippen molar-refractivity contribution in [1.82, 2.24) is 19.4 Å². The molecule has 0 unspecified atom stereocenters. The van der Waals surface area contributed by atoms with Crippen molar-refractivity contribution in [1.29, 1.82) is 0 Å². The van der Waals surface area contributed by atoms with Gasteiger partial charge in [-0.2, -0.15) is 0 Å². The van der Waals surface area contributed by atoms with Crippen LogP contribution in [0.3, 0.4) is 0 Å². The van der Waals surface area contributed by atoms with Crippen LogP contribution in [0.2, 0.25) is 0 Å². The van der Waals surface area contributed by atoms with Crippen molar-refractivity contribution in [3.8, 4) is 23.3 Å². The summed E-state index contributed by atoms with van der Waals surface area (Å²) in [6, 6.07) is 16.4. The van der Waals surface area contributed by atoms with Crippen LogP contribution in [0.15, 0.2) is 88.8 Å². The van der Waals surface area contributed by atoms with Crippen LogP contribution in [-0.4, -0.2) is 45.6 Å². The predicted octanol–water partition coefficient (Wildman–Crippen LogP) is 1.48. The van der Waals surface area contributed by atoms with Crippen LogP contribution >= 0.6 is 0 Å². The third kappa shape index (κ3) is 5.06. The third-order valence-electron chi connectivity index (χ3n) is 6.24. The number of pyridine rings is 1. The lowest BCUT2D eigenvalue weighted by molar-refractivity contribution is -0.120. The van der Waals surface area contributed by atoms with Crippen LogP contribution in [0.5, 0.6) is 5.75 Å². The third-order valence-corrected chi connectivity index (χ3v) is 6.24. The molecular formula is C29H23N5O5. The average Bonchev–Trinajstić information content (AvgIpc) is 3.08. The minimum absolute atomic E-state index is 0.152. The molecule has 1 N–H and O–H groups in total. The first-order chi connectivity index (χ1) is 18.8. The number of rotatable bonds is 3. The lowest BCUT2D eigenvalue weighted by Gasteiger charge is -2.20. The summed E-state index contributed by atoms with van der Waals surface area (Å²) in [7, 11) is 2.86. The number of para-hydroxylation sites is 1. The smallest absolute Gasteiger partial charge is 0.335 e. The molecule has 4 aromatic rings. The molecule has 0 bridgehead atoms. The first-order valence-corrected chi connectivity index (χ1v) is 12.0. The summed E-state index contributed by atoms with van der Waals surface area (Å²) >= 11 is 0. The van der Waals surface area contributed by atoms with Gasteiger partial charge in [-0.1, -0.05) is 30.0 Å². The van der Waals surface area contributed by atoms with E-state index < -0.39 is 29.1 Å². The lowest BCUT2D eigenvalue weighted by Crippen LogP contribution is -2.51. The first kappa shape index (κ1) is 25.2. The number of ether oxygens (including phenoxy) is 1. The monoisotopic (exact) mass is 521 g/mol. The van der Waals surface area contributed by atoms with Crippen molar-refractivity contribution in [3.05, 3.63) is 117 Å². The SMILES string of the molecule is CN1C(=O)[C@@H](NC(=O)c2cn(-c3ccccc3)c(=O)n(C)c2=O)COc2ccc(C#Cc3cccnc3)cc21. The Labute approximate surface area is 223 Å². The highest BCUT2D eigenvalue weighted by molar-refractivity contribution is 6.03. The zero-order valence-corrected chi connectivity index (χ0v) is 21.1. The fourth-order valence-corrected chi connectivity index (χ4v) is 4.09. The second-order valence-electron chi connectivity index (χ2n) is 8.80. The van der Waals surface area contributed by atoms with Gasteiger partial charge in [-0.3, -0.25) is 28.5 Å². The van der Waals surface area contributed by atoms with Crippen LogP contribution in [0, 0.1) is 11.8 Å². The Hall–Kier alpha value is -5.43. The van der Waals surface area contributed by atoms with Crippen molar-refractivity contribution in [2.24, 2.45) is 7.05 Å². The van der Waals surface area contributed by atoms with Gasteiger partial charge in [0.25, 0.3) is 17.4 Å². The van der Waals surface area contributed by atoms with E-state index in [0.29, 0.717) is 22.7 Å². The van der Waals surface area contributed by atoms with Crippen LogP contribution in [0.25, 0.3) is 5.69 Å². The normalized spacial score (nSPS) is 14.4. The molecule has 2 amide bonds. The summed E-state index contributed by atoms with van der Waals surface area (Å²) in [6.07, 6.45) is 4.50. The van der Waals surface area contributed by atoms with Crippen LogP contribution in [-0.2, 0) is 11.8 Å². The number of hydrogen-bond donors (Lipinski definition) is 1. The molecule has 0 spiro atoms. The maximum atomic E-state index is 13.3. The molecule has 194 valence electrons. The predicted molar refractivity (Wildman–Crippen MR) is 144 cm³/mol. The van der Waals surface area contributed by atoms with E-state index in [0.717, 1.165) is 10.1 Å². The quantitative estimate of drug-likeness (QED) is 0.409. The molecule has 10 nitrogen and oxygen atoms in total. The van der Waals surface area contributed by atoms with E-state index in [4.69, 9.17) is 4.74 Å². The molecule has 3 heterocycles. The molecule has 10 heteroatoms. The molecule has 2 aromatic heterocycles. The van der Waals surface area contributed by atoms with Gasteiger partial charge in [0, 0.05) is 43.8 Å². The van der Waals surface area contributed by atoms with Gasteiger partial charge in [0.15, 0.2) is 0 Å². The van der Waals surface area contributed by atoms with Gasteiger partial charge >= 0.3 is 5.69 Å². The van der Waals surface area contributed by atoms with Gasteiger partial charge in [0.1, 0.15) is 24.0 Å². The molecule has 1 aliphatic rings. The molecule has 2 aromatic carbocycles. The average molecular weight is 522 g/mol. The first-order valence-electron chi connectivity index (χ1n) is 12.0. The molecule has 5 rings (SSSR count). The maximum absolute atomic E-state index is 13.3. The van der Waals surface area contributed by atoms with E-state index in [1.165, 1.54) is 22.7 Å². The van der Waals surface area contributed by atoms with Gasteiger partial charge < -0.3 is 15.0 Å². The Balaban J connectivity index is 1.40. The van der Waals surface area contributed by atoms with Crippen molar-refractivity contribution in [3.63, 3.8) is 0 Å². The number of amides is 2. The van der Waals surface area contributed by atoms with Gasteiger partial charge in [-0.05, 0) is 42.5 Å². The number of carbonyl (C=O) groups is 2. The molecule has 1 aliphatic heterocycles. The molecule has 1 atom stereocenters. The highest BCUT2D eigenvalue weighted by Crippen LogP contribution is 2.31. The molecule has 0 fully saturated rings. The standard InChI is InChI=1S/C29H23N5O5/c1-32-24-15-19(10-11-20-7-6-14-30-16-20)12-13-25(24)39-18-23(28(32)37)31-26(35)22-17-34(21-8-4-3-5-9-21)29(38)33(2)27(22)36/h3-9,12-17,23H,18H2,1-2H3,(H,31,35)/t23-/m0/s1. The lowest BCUT2D eigenvalue weighted by atomic mass is 10.1. The fraction of sp³-hybridized carbons (Fsp3) is 0.138. The van der Waals surface area contributed by atoms with E-state index in [1.807, 2.05) is 6.07 Å². The Kier molecular flexibility index (Phi) is 6.80. The molecule has 0 aliphatic carbocycles. The number of carbonyl (C=O) groups excluding carboxylic acids is 2. The number of likely N-dealkylation sites (N-methyl/N-ethyl adjacent to an activating group) is 1. The topological polar surface area (TPSA) is 116 Å². The van der Waals surface area contributed by atoms with Gasteiger partial charge in [0.05, 0.1) is 11.4 Å². The van der Waals surface area contributed by atoms with Crippen molar-refractivity contribution < 1.29 is 14.3 Å². The highest BCUT2D eigenvalue weighted by Gasteiger charge is 2.32. The second kappa shape index (κ2) is 10.5. The minimum atomic E-state index is -1.08. The Morgan fingerprint density at radius 1 is 1.00 bits per heavy atom. The Morgan fingerprint density at radius 2 is 1.77 bits per heavy atom. The number of hydrogen-bond acceptors (Lipinski definition) is 6. The number of nitrogens with one attached hydrogen (secondary N) is 1. The van der Waals surface area contributed by atoms with Gasteiger partial charge in [-0.15, -0.1) is 0 Å². The number of aromatic nitrogens is 3. The van der Waals surface area contributed by atoms with E-state index in [9.17, 15) is 19.2 Å². The number of nitrogens with zero attached hydrogens (tertiary/aromatic N) is 4. The number of fused-ring (bicyclic) bond motifs is 1. The summed E-state index contributed by atoms with van der Waals surface area (Å²) in [4.78, 5) is 57.4. The zero-order chi connectivity index (χ0) is 27.5. The molecule has 39 heavy (non-hydrogen) atoms. The summed E-state index contributed by atoms with van der Waals surface area (Å²) < 4.78 is 7.91. The fourth-order valence-electron chi connectivity index (χ4n) is 4.09. The number of anilines is 1. The Morgan fingerprint density at radius 3 is 2.51 bits per heavy atom. The van der Waals surface area contributed by atoms with Crippen LogP contribution in [0.4, 0.5) is 5.69 Å². The Bertz CT molecular complexity index is 1750. The largest absolute Gasteiger partial charge is 0.489 e. The molecular weight excluding hydrogens is 498 g/mol. The minimum Gasteiger partial charge on any atom is -0.489 e. The van der Waals surface area contributed by atoms with Crippen LogP contribution in [0.1, 0.15) is 21.5 Å². The van der Waals surface area contributed by atoms with Crippen molar-refractivity contribution >= 4 is 17.5 Å². The van der Waals surface area contributed by atoms with Crippen molar-refractivity contribution in [2.45, 2.75) is 6.04 Å². The maximum Gasteiger partial charge on any atom is 0.335 e. The van der Waals surface area contributed by atoms with Crippen molar-refractivity contribution in [2.75, 3.05) is 18.6 Å². The van der Waals surface area contributed by atoms with E-state index in [-0.39, 0.29) is 12.2 Å². The van der Waals surface area contributed by atoms with Gasteiger partial charge in [-0.25, -0.2) is 4.79 Å². The number of benzene rings is 2. The summed E-state index contributed by atoms with van der Waals surface area (Å²) in [6.45, 7) is -0.152.